The van der Waals surface area contributed by atoms with Crippen LogP contribution in [0.5, 0.6) is 11.5 Å². The van der Waals surface area contributed by atoms with Crippen molar-refractivity contribution in [1.82, 2.24) is 15.5 Å². The van der Waals surface area contributed by atoms with Gasteiger partial charge in [0.05, 0.1) is 31.7 Å². The molecule has 2 N–H and O–H groups in total. The van der Waals surface area contributed by atoms with Gasteiger partial charge < -0.3 is 14.8 Å². The van der Waals surface area contributed by atoms with Crippen molar-refractivity contribution in [3.63, 3.8) is 0 Å². The summed E-state index contributed by atoms with van der Waals surface area (Å²) < 4.78 is 10.5. The van der Waals surface area contributed by atoms with Crippen molar-refractivity contribution in [3.05, 3.63) is 64.8 Å². The molecule has 0 aliphatic heterocycles. The van der Waals surface area contributed by atoms with Crippen LogP contribution < -0.4 is 14.8 Å². The third-order valence-corrected chi connectivity index (χ3v) is 4.17. The molecule has 0 bridgehead atoms. The van der Waals surface area contributed by atoms with E-state index < -0.39 is 0 Å². The van der Waals surface area contributed by atoms with Crippen LogP contribution in [0.2, 0.25) is 5.02 Å². The highest BCUT2D eigenvalue weighted by molar-refractivity contribution is 6.30. The Kier molecular flexibility index (Phi) is 5.43. The molecule has 0 aliphatic rings. The number of methoxy groups -OCH3 is 2. The first-order valence-electron chi connectivity index (χ1n) is 7.90. The van der Waals surface area contributed by atoms with E-state index in [1.54, 1.807) is 32.4 Å². The van der Waals surface area contributed by atoms with Gasteiger partial charge in [-0.15, -0.1) is 0 Å². The molecule has 0 aliphatic carbocycles. The Labute approximate surface area is 156 Å². The zero-order valence-corrected chi connectivity index (χ0v) is 15.1. The maximum absolute atomic E-state index is 12.6. The van der Waals surface area contributed by atoms with E-state index in [9.17, 15) is 4.79 Å². The fourth-order valence-electron chi connectivity index (χ4n) is 2.59. The van der Waals surface area contributed by atoms with Gasteiger partial charge in [0.15, 0.2) is 0 Å². The number of halogens is 1. The highest BCUT2D eigenvalue weighted by Gasteiger charge is 2.16. The van der Waals surface area contributed by atoms with Gasteiger partial charge in [-0.1, -0.05) is 23.7 Å². The highest BCUT2D eigenvalue weighted by atomic mass is 35.5. The van der Waals surface area contributed by atoms with Crippen LogP contribution >= 0.6 is 11.6 Å². The van der Waals surface area contributed by atoms with Crippen molar-refractivity contribution in [1.29, 1.82) is 0 Å². The standard InChI is InChI=1S/C19H18ClN3O3/c1-25-15-7-6-13(17(9-15)26-2)10-21-19(24)16-11-22-23-18(16)12-4-3-5-14(20)8-12/h3-9,11H,10H2,1-2H3,(H,21,24)(H,22,23). The van der Waals surface area contributed by atoms with Crippen molar-refractivity contribution in [2.24, 2.45) is 0 Å². The molecule has 0 unspecified atom stereocenters. The largest absolute Gasteiger partial charge is 0.497 e. The number of aromatic amines is 1. The van der Waals surface area contributed by atoms with Crippen LogP contribution in [0.4, 0.5) is 0 Å². The maximum Gasteiger partial charge on any atom is 0.255 e. The molecule has 0 spiro atoms. The molecule has 0 radical (unpaired) electrons. The van der Waals surface area contributed by atoms with Crippen molar-refractivity contribution in [2.45, 2.75) is 6.54 Å². The number of nitrogens with zero attached hydrogens (tertiary/aromatic N) is 1. The Morgan fingerprint density at radius 2 is 2.04 bits per heavy atom. The molecule has 0 atom stereocenters. The third-order valence-electron chi connectivity index (χ3n) is 3.93. The minimum absolute atomic E-state index is 0.244. The molecule has 0 fully saturated rings. The van der Waals surface area contributed by atoms with Gasteiger partial charge in [-0.25, -0.2) is 0 Å². The monoisotopic (exact) mass is 371 g/mol. The summed E-state index contributed by atoms with van der Waals surface area (Å²) in [6.45, 7) is 0.312. The van der Waals surface area contributed by atoms with Gasteiger partial charge in [0, 0.05) is 28.8 Å². The van der Waals surface area contributed by atoms with E-state index in [1.165, 1.54) is 6.20 Å². The molecule has 134 valence electrons. The number of hydrogen-bond donors (Lipinski definition) is 2. The Balaban J connectivity index is 1.77. The van der Waals surface area contributed by atoms with E-state index >= 15 is 0 Å². The molecule has 7 heteroatoms. The smallest absolute Gasteiger partial charge is 0.255 e. The fraction of sp³-hybridized carbons (Fsp3) is 0.158. The lowest BCUT2D eigenvalue weighted by molar-refractivity contribution is 0.0951. The van der Waals surface area contributed by atoms with Crippen molar-refractivity contribution < 1.29 is 14.3 Å². The lowest BCUT2D eigenvalue weighted by Gasteiger charge is -2.11. The molecule has 1 heterocycles. The van der Waals surface area contributed by atoms with E-state index in [2.05, 4.69) is 15.5 Å². The Bertz CT molecular complexity index is 924. The zero-order valence-electron chi connectivity index (χ0n) is 14.4. The van der Waals surface area contributed by atoms with Crippen LogP contribution in [0.25, 0.3) is 11.3 Å². The number of H-pyrrole nitrogens is 1. The number of hydrogen-bond acceptors (Lipinski definition) is 4. The van der Waals surface area contributed by atoms with Gasteiger partial charge in [0.25, 0.3) is 5.91 Å². The summed E-state index contributed by atoms with van der Waals surface area (Å²) in [4.78, 5) is 12.6. The molecule has 26 heavy (non-hydrogen) atoms. The predicted octanol–water partition coefficient (Wildman–Crippen LogP) is 3.68. The number of benzene rings is 2. The summed E-state index contributed by atoms with van der Waals surface area (Å²) in [5, 5.41) is 10.3. The molecule has 3 rings (SSSR count). The molecule has 2 aromatic carbocycles. The van der Waals surface area contributed by atoms with E-state index in [-0.39, 0.29) is 5.91 Å². The minimum atomic E-state index is -0.244. The lowest BCUT2D eigenvalue weighted by Crippen LogP contribution is -2.23. The van der Waals surface area contributed by atoms with E-state index in [0.29, 0.717) is 34.3 Å². The van der Waals surface area contributed by atoms with Gasteiger partial charge in [-0.2, -0.15) is 5.10 Å². The average molecular weight is 372 g/mol. The molecular weight excluding hydrogens is 354 g/mol. The number of aromatic nitrogens is 2. The SMILES string of the molecule is COc1ccc(CNC(=O)c2cn[nH]c2-c2cccc(Cl)c2)c(OC)c1. The van der Waals surface area contributed by atoms with Crippen LogP contribution in [0.15, 0.2) is 48.7 Å². The molecule has 6 nitrogen and oxygen atoms in total. The summed E-state index contributed by atoms with van der Waals surface area (Å²) in [6.07, 6.45) is 1.50. The topological polar surface area (TPSA) is 76.2 Å². The second-order valence-corrected chi connectivity index (χ2v) is 5.97. The number of rotatable bonds is 6. The van der Waals surface area contributed by atoms with Gasteiger partial charge in [0.2, 0.25) is 0 Å². The van der Waals surface area contributed by atoms with Crippen molar-refractivity contribution >= 4 is 17.5 Å². The quantitative estimate of drug-likeness (QED) is 0.693. The van der Waals surface area contributed by atoms with Crippen molar-refractivity contribution in [2.75, 3.05) is 14.2 Å². The van der Waals surface area contributed by atoms with Gasteiger partial charge in [-0.3, -0.25) is 9.89 Å². The normalized spacial score (nSPS) is 10.4. The molecule has 3 aromatic rings. The summed E-state index contributed by atoms with van der Waals surface area (Å²) in [7, 11) is 3.17. The summed E-state index contributed by atoms with van der Waals surface area (Å²) in [6, 6.07) is 12.7. The summed E-state index contributed by atoms with van der Waals surface area (Å²) >= 11 is 6.03. The van der Waals surface area contributed by atoms with Gasteiger partial charge >= 0.3 is 0 Å². The second kappa shape index (κ2) is 7.93. The van der Waals surface area contributed by atoms with E-state index in [4.69, 9.17) is 21.1 Å². The Morgan fingerprint density at radius 3 is 2.77 bits per heavy atom. The highest BCUT2D eigenvalue weighted by Crippen LogP contribution is 2.26. The van der Waals surface area contributed by atoms with Crippen LogP contribution in [-0.4, -0.2) is 30.3 Å². The van der Waals surface area contributed by atoms with Crippen LogP contribution in [0, 0.1) is 0 Å². The van der Waals surface area contributed by atoms with Gasteiger partial charge in [-0.05, 0) is 24.3 Å². The van der Waals surface area contributed by atoms with Crippen molar-refractivity contribution in [3.8, 4) is 22.8 Å². The van der Waals surface area contributed by atoms with E-state index in [0.717, 1.165) is 11.1 Å². The zero-order chi connectivity index (χ0) is 18.5. The lowest BCUT2D eigenvalue weighted by atomic mass is 10.1. The molecule has 1 aromatic heterocycles. The average Bonchev–Trinajstić information content (AvgIpc) is 3.16. The van der Waals surface area contributed by atoms with Crippen LogP contribution in [0.1, 0.15) is 15.9 Å². The van der Waals surface area contributed by atoms with Crippen LogP contribution in [-0.2, 0) is 6.54 Å². The summed E-state index contributed by atoms with van der Waals surface area (Å²) in [5.41, 5.74) is 2.70. The third kappa shape index (κ3) is 3.81. The molecule has 1 amide bonds. The fourth-order valence-corrected chi connectivity index (χ4v) is 2.78. The van der Waals surface area contributed by atoms with E-state index in [1.807, 2.05) is 24.3 Å². The first-order valence-corrected chi connectivity index (χ1v) is 8.28. The number of nitrogens with one attached hydrogen (secondary N) is 2. The molecule has 0 saturated carbocycles. The number of amides is 1. The molecular formula is C19H18ClN3O3. The number of carbonyl (C=O) groups is 1. The minimum Gasteiger partial charge on any atom is -0.497 e. The molecule has 0 saturated heterocycles. The number of carbonyl (C=O) groups excluding carboxylic acids is 1. The number of ether oxygens (including phenoxy) is 2. The first kappa shape index (κ1) is 17.8. The summed E-state index contributed by atoms with van der Waals surface area (Å²) in [5.74, 6) is 1.09. The Hall–Kier alpha value is -2.99. The maximum atomic E-state index is 12.6. The first-order chi connectivity index (χ1) is 12.6. The van der Waals surface area contributed by atoms with Gasteiger partial charge in [0.1, 0.15) is 11.5 Å². The predicted molar refractivity (Wildman–Crippen MR) is 99.7 cm³/mol. The Morgan fingerprint density at radius 1 is 1.19 bits per heavy atom. The van der Waals surface area contributed by atoms with Crippen LogP contribution in [0.3, 0.4) is 0 Å². The second-order valence-electron chi connectivity index (χ2n) is 5.53.